The molecule has 2 aliphatic rings. The van der Waals surface area contributed by atoms with E-state index >= 15 is 0 Å². The number of ketones is 1. The molecule has 2 aromatic rings. The van der Waals surface area contributed by atoms with Crippen molar-refractivity contribution in [3.05, 3.63) is 57.8 Å². The van der Waals surface area contributed by atoms with Crippen LogP contribution in [0.15, 0.2) is 41.5 Å². The van der Waals surface area contributed by atoms with Crippen LogP contribution < -0.4 is 0 Å². The van der Waals surface area contributed by atoms with E-state index in [0.29, 0.717) is 18.7 Å². The number of carbonyl (C=O) groups is 2. The first-order valence-corrected chi connectivity index (χ1v) is 11.6. The number of hydrogen-bond donors (Lipinski definition) is 0. The molecule has 1 aliphatic heterocycles. The van der Waals surface area contributed by atoms with Gasteiger partial charge in [-0.1, -0.05) is 30.0 Å². The normalized spacial score (nSPS) is 22.6. The summed E-state index contributed by atoms with van der Waals surface area (Å²) >= 11 is 2.88. The molecule has 29 heavy (non-hydrogen) atoms. The summed E-state index contributed by atoms with van der Waals surface area (Å²) < 4.78 is 14.6. The molecule has 0 spiro atoms. The molecule has 0 bridgehead atoms. The minimum atomic E-state index is -0.572. The second kappa shape index (κ2) is 8.90. The maximum atomic E-state index is 14.6. The Morgan fingerprint density at radius 2 is 2.10 bits per heavy atom. The third-order valence-electron chi connectivity index (χ3n) is 5.38. The van der Waals surface area contributed by atoms with Crippen molar-refractivity contribution < 1.29 is 14.0 Å². The fourth-order valence-electron chi connectivity index (χ4n) is 3.88. The number of thioether (sulfide) groups is 1. The molecular formula is C22H23FN2O2S2. The summed E-state index contributed by atoms with van der Waals surface area (Å²) in [6.07, 6.45) is 6.41. The van der Waals surface area contributed by atoms with E-state index in [1.807, 2.05) is 0 Å². The molecule has 4 rings (SSSR count). The van der Waals surface area contributed by atoms with E-state index in [-0.39, 0.29) is 27.9 Å². The third-order valence-corrected chi connectivity index (χ3v) is 7.26. The summed E-state index contributed by atoms with van der Waals surface area (Å²) in [7, 11) is 0. The molecule has 1 saturated heterocycles. The first-order chi connectivity index (χ1) is 14.0. The van der Waals surface area contributed by atoms with Crippen LogP contribution in [-0.2, 0) is 9.59 Å². The van der Waals surface area contributed by atoms with Gasteiger partial charge in [-0.25, -0.2) is 4.39 Å². The Labute approximate surface area is 178 Å². The van der Waals surface area contributed by atoms with Crippen LogP contribution in [0.2, 0.25) is 0 Å². The fourth-order valence-corrected chi connectivity index (χ4v) is 5.38. The van der Waals surface area contributed by atoms with E-state index in [9.17, 15) is 14.0 Å². The van der Waals surface area contributed by atoms with Crippen molar-refractivity contribution in [2.24, 2.45) is 5.92 Å². The lowest BCUT2D eigenvalue weighted by Crippen LogP contribution is -2.43. The lowest BCUT2D eigenvalue weighted by atomic mass is 9.93. The van der Waals surface area contributed by atoms with Gasteiger partial charge in [-0.05, 0) is 37.0 Å². The number of piperidine rings is 1. The topological polar surface area (TPSA) is 50.3 Å². The first-order valence-electron chi connectivity index (χ1n) is 9.81. The van der Waals surface area contributed by atoms with E-state index in [4.69, 9.17) is 0 Å². The lowest BCUT2D eigenvalue weighted by molar-refractivity contribution is -0.126. The summed E-state index contributed by atoms with van der Waals surface area (Å²) in [5.74, 6) is -0.178. The van der Waals surface area contributed by atoms with Crippen molar-refractivity contribution in [1.82, 2.24) is 9.88 Å². The number of carbonyl (C=O) groups excluding carboxylic acids is 2. The molecule has 1 aromatic carbocycles. The SMILES string of the molecule is CC(=O)SC1CCN(C(C(=O)C2CC2)c2ccccc2F)CC1=Cc1cncs1. The Kier molecular flexibility index (Phi) is 6.27. The number of Topliss-reactive ketones (excluding diaryl/α,β-unsaturated/α-hetero) is 1. The summed E-state index contributed by atoms with van der Waals surface area (Å²) in [6, 6.07) is 6.02. The predicted octanol–water partition coefficient (Wildman–Crippen LogP) is 4.74. The monoisotopic (exact) mass is 430 g/mol. The zero-order valence-corrected chi connectivity index (χ0v) is 17.8. The molecule has 1 aliphatic carbocycles. The number of rotatable bonds is 6. The van der Waals surface area contributed by atoms with Gasteiger partial charge in [0.1, 0.15) is 5.82 Å². The standard InChI is InChI=1S/C22H23FN2O2S2/c1-14(26)29-20-8-9-25(12-16(20)10-17-11-24-13-28-17)21(22(27)15-6-7-15)18-4-2-3-5-19(18)23/h2-5,10-11,13,15,20-21H,6-9,12H2,1H3. The molecule has 2 fully saturated rings. The molecule has 4 nitrogen and oxygen atoms in total. The number of aromatic nitrogens is 1. The molecule has 2 atom stereocenters. The van der Waals surface area contributed by atoms with Crippen LogP contribution in [0, 0.1) is 11.7 Å². The molecule has 1 aromatic heterocycles. The van der Waals surface area contributed by atoms with Crippen LogP contribution in [0.3, 0.4) is 0 Å². The van der Waals surface area contributed by atoms with Crippen LogP contribution in [-0.4, -0.2) is 39.1 Å². The van der Waals surface area contributed by atoms with E-state index in [1.165, 1.54) is 17.8 Å². The quantitative estimate of drug-likeness (QED) is 0.663. The van der Waals surface area contributed by atoms with Crippen molar-refractivity contribution in [3.63, 3.8) is 0 Å². The summed E-state index contributed by atoms with van der Waals surface area (Å²) in [5, 5.41) is 0.154. The second-order valence-corrected chi connectivity index (χ2v) is 9.88. The first kappa shape index (κ1) is 20.4. The molecule has 0 N–H and O–H groups in total. The summed E-state index contributed by atoms with van der Waals surface area (Å²) in [6.45, 7) is 2.78. The number of halogens is 1. The van der Waals surface area contributed by atoms with Crippen LogP contribution in [0.5, 0.6) is 0 Å². The van der Waals surface area contributed by atoms with Gasteiger partial charge in [-0.15, -0.1) is 11.3 Å². The zero-order chi connectivity index (χ0) is 20.4. The highest BCUT2D eigenvalue weighted by molar-refractivity contribution is 8.14. The van der Waals surface area contributed by atoms with Gasteiger partial charge in [0, 0.05) is 47.8 Å². The van der Waals surface area contributed by atoms with E-state index in [0.717, 1.165) is 29.7 Å². The zero-order valence-electron chi connectivity index (χ0n) is 16.2. The van der Waals surface area contributed by atoms with Crippen molar-refractivity contribution >= 4 is 40.1 Å². The summed E-state index contributed by atoms with van der Waals surface area (Å²) in [4.78, 5) is 32.1. The fraction of sp³-hybridized carbons (Fsp3) is 0.409. The van der Waals surface area contributed by atoms with Gasteiger partial charge in [0.25, 0.3) is 0 Å². The Morgan fingerprint density at radius 1 is 1.31 bits per heavy atom. The number of benzene rings is 1. The molecular weight excluding hydrogens is 407 g/mol. The van der Waals surface area contributed by atoms with Gasteiger partial charge in [-0.2, -0.15) is 0 Å². The van der Waals surface area contributed by atoms with Crippen LogP contribution in [0.25, 0.3) is 6.08 Å². The maximum Gasteiger partial charge on any atom is 0.186 e. The molecule has 1 saturated carbocycles. The van der Waals surface area contributed by atoms with Crippen LogP contribution in [0.4, 0.5) is 4.39 Å². The van der Waals surface area contributed by atoms with Crippen LogP contribution in [0.1, 0.15) is 42.7 Å². The van der Waals surface area contributed by atoms with Crippen molar-refractivity contribution in [1.29, 1.82) is 0 Å². The number of nitrogens with zero attached hydrogens (tertiary/aromatic N) is 2. The molecule has 152 valence electrons. The Morgan fingerprint density at radius 3 is 2.76 bits per heavy atom. The molecule has 2 heterocycles. The average molecular weight is 431 g/mol. The van der Waals surface area contributed by atoms with Gasteiger partial charge in [0.05, 0.1) is 11.6 Å². The van der Waals surface area contributed by atoms with Gasteiger partial charge < -0.3 is 0 Å². The van der Waals surface area contributed by atoms with Crippen molar-refractivity contribution in [2.45, 2.75) is 37.5 Å². The predicted molar refractivity (Wildman–Crippen MR) is 115 cm³/mol. The van der Waals surface area contributed by atoms with E-state index in [2.05, 4.69) is 16.0 Å². The van der Waals surface area contributed by atoms with Crippen molar-refractivity contribution in [3.8, 4) is 0 Å². The highest BCUT2D eigenvalue weighted by Crippen LogP contribution is 2.40. The second-order valence-electron chi connectivity index (χ2n) is 7.58. The molecule has 7 heteroatoms. The average Bonchev–Trinajstić information content (AvgIpc) is 3.42. The summed E-state index contributed by atoms with van der Waals surface area (Å²) in [5.41, 5.74) is 3.32. The van der Waals surface area contributed by atoms with E-state index < -0.39 is 6.04 Å². The smallest absolute Gasteiger partial charge is 0.186 e. The highest BCUT2D eigenvalue weighted by Gasteiger charge is 2.41. The third kappa shape index (κ3) is 4.85. The maximum absolute atomic E-state index is 14.6. The lowest BCUT2D eigenvalue weighted by Gasteiger charge is -2.38. The van der Waals surface area contributed by atoms with Gasteiger partial charge >= 0.3 is 0 Å². The molecule has 0 radical (unpaired) electrons. The van der Waals surface area contributed by atoms with Gasteiger partial charge in [0.2, 0.25) is 0 Å². The largest absolute Gasteiger partial charge is 0.297 e. The van der Waals surface area contributed by atoms with Crippen LogP contribution >= 0.6 is 23.1 Å². The Bertz CT molecular complexity index is 925. The molecule has 2 unspecified atom stereocenters. The van der Waals surface area contributed by atoms with Gasteiger partial charge in [0.15, 0.2) is 10.9 Å². The molecule has 0 amide bonds. The number of hydrogen-bond acceptors (Lipinski definition) is 6. The minimum Gasteiger partial charge on any atom is -0.297 e. The van der Waals surface area contributed by atoms with Crippen molar-refractivity contribution in [2.75, 3.05) is 13.1 Å². The van der Waals surface area contributed by atoms with E-state index in [1.54, 1.807) is 48.2 Å². The van der Waals surface area contributed by atoms with Gasteiger partial charge in [-0.3, -0.25) is 19.5 Å². The highest BCUT2D eigenvalue weighted by atomic mass is 32.2. The number of likely N-dealkylation sites (tertiary alicyclic amines) is 1. The number of thiazole rings is 1. The minimum absolute atomic E-state index is 0.0397. The Balaban J connectivity index is 1.66. The Hall–Kier alpha value is -1.83.